The Kier molecular flexibility index (Phi) is 3.34. The van der Waals surface area contributed by atoms with E-state index >= 15 is 0 Å². The maximum Gasteiger partial charge on any atom is 0.127 e. The second kappa shape index (κ2) is 4.14. The van der Waals surface area contributed by atoms with E-state index in [1.165, 1.54) is 0 Å². The van der Waals surface area contributed by atoms with Crippen LogP contribution in [0.2, 0.25) is 0 Å². The fraction of sp³-hybridized carbons (Fsp3) is 0.444. The van der Waals surface area contributed by atoms with Crippen LogP contribution in [0.5, 0.6) is 0 Å². The third kappa shape index (κ3) is 3.51. The zero-order valence-corrected chi connectivity index (χ0v) is 10.1. The van der Waals surface area contributed by atoms with Gasteiger partial charge < -0.3 is 5.32 Å². The van der Waals surface area contributed by atoms with Crippen molar-refractivity contribution in [2.24, 2.45) is 0 Å². The predicted octanol–water partition coefficient (Wildman–Crippen LogP) is 2.20. The normalized spacial score (nSPS) is 11.1. The van der Waals surface area contributed by atoms with Gasteiger partial charge >= 0.3 is 0 Å². The molecule has 14 heavy (non-hydrogen) atoms. The lowest BCUT2D eigenvalue weighted by Gasteiger charge is -2.21. The molecule has 0 saturated heterocycles. The second-order valence-corrected chi connectivity index (χ2v) is 4.86. The molecule has 1 aromatic rings. The predicted molar refractivity (Wildman–Crippen MR) is 64.0 cm³/mol. The molecule has 0 bridgehead atoms. The quantitative estimate of drug-likeness (QED) is 0.722. The molecular weight excluding hydrogens is 214 g/mol. The fourth-order valence-corrected chi connectivity index (χ4v) is 1.41. The van der Waals surface area contributed by atoms with Crippen molar-refractivity contribution in [2.45, 2.75) is 26.3 Å². The molecule has 0 radical (unpaired) electrons. The highest BCUT2D eigenvalue weighted by Gasteiger charge is 2.12. The number of rotatable bonds is 1. The molecule has 0 saturated carbocycles. The van der Waals surface area contributed by atoms with E-state index in [0.717, 1.165) is 0 Å². The summed E-state index contributed by atoms with van der Waals surface area (Å²) in [6.07, 6.45) is 0. The monoisotopic (exact) mass is 227 g/mol. The molecule has 0 aliphatic rings. The van der Waals surface area contributed by atoms with Crippen LogP contribution in [-0.4, -0.2) is 20.7 Å². The van der Waals surface area contributed by atoms with Crippen molar-refractivity contribution < 1.29 is 0 Å². The summed E-state index contributed by atoms with van der Waals surface area (Å²) in [5, 5.41) is 9.90. The molecular formula is C9H13N3S2. The van der Waals surface area contributed by atoms with Crippen LogP contribution in [0.4, 0.5) is 0 Å². The Bertz CT molecular complexity index is 369. The van der Waals surface area contributed by atoms with Gasteiger partial charge in [0.1, 0.15) is 15.3 Å². The Morgan fingerprint density at radius 1 is 1.43 bits per heavy atom. The molecule has 76 valence electrons. The van der Waals surface area contributed by atoms with E-state index in [0.29, 0.717) is 15.3 Å². The van der Waals surface area contributed by atoms with Crippen LogP contribution >= 0.6 is 24.4 Å². The maximum atomic E-state index is 5.18. The minimum atomic E-state index is -0.0502. The van der Waals surface area contributed by atoms with Crippen molar-refractivity contribution in [3.05, 3.63) is 22.5 Å². The molecule has 0 amide bonds. The molecule has 1 rings (SSSR count). The Hall–Kier alpha value is -0.810. The van der Waals surface area contributed by atoms with Crippen molar-refractivity contribution >= 4 is 29.4 Å². The summed E-state index contributed by atoms with van der Waals surface area (Å²) >= 11 is 10.1. The average Bonchev–Trinajstić information content (AvgIpc) is 2.02. The zero-order valence-electron chi connectivity index (χ0n) is 8.42. The van der Waals surface area contributed by atoms with Gasteiger partial charge in [-0.1, -0.05) is 24.4 Å². The first-order valence-electron chi connectivity index (χ1n) is 4.27. The Balaban J connectivity index is 2.81. The van der Waals surface area contributed by atoms with Gasteiger partial charge in [-0.15, -0.1) is 0 Å². The molecule has 2 N–H and O–H groups in total. The summed E-state index contributed by atoms with van der Waals surface area (Å²) in [7, 11) is 0. The molecule has 0 atom stereocenters. The van der Waals surface area contributed by atoms with E-state index in [1.807, 2.05) is 20.8 Å². The summed E-state index contributed by atoms with van der Waals surface area (Å²) in [4.78, 5) is 0.628. The van der Waals surface area contributed by atoms with Crippen molar-refractivity contribution in [2.75, 3.05) is 0 Å². The highest BCUT2D eigenvalue weighted by molar-refractivity contribution is 7.80. The maximum absolute atomic E-state index is 5.18. The van der Waals surface area contributed by atoms with Gasteiger partial charge in [0.15, 0.2) is 0 Å². The number of thiocarbonyl (C=S) groups is 1. The van der Waals surface area contributed by atoms with Crippen molar-refractivity contribution in [1.29, 1.82) is 0 Å². The van der Waals surface area contributed by atoms with Crippen LogP contribution < -0.4 is 5.32 Å². The van der Waals surface area contributed by atoms with Crippen molar-refractivity contribution in [1.82, 2.24) is 15.5 Å². The first kappa shape index (κ1) is 11.3. The van der Waals surface area contributed by atoms with Gasteiger partial charge in [0.2, 0.25) is 0 Å². The molecule has 3 nitrogen and oxygen atoms in total. The van der Waals surface area contributed by atoms with Gasteiger partial charge in [-0.2, -0.15) is 5.10 Å². The topological polar surface area (TPSA) is 40.7 Å². The van der Waals surface area contributed by atoms with Gasteiger partial charge in [-0.3, -0.25) is 5.10 Å². The first-order chi connectivity index (χ1) is 6.38. The number of H-pyrrole nitrogens is 1. The lowest BCUT2D eigenvalue weighted by Crippen LogP contribution is -2.40. The third-order valence-corrected chi connectivity index (χ3v) is 1.94. The van der Waals surface area contributed by atoms with Gasteiger partial charge in [-0.25, -0.2) is 0 Å². The average molecular weight is 227 g/mol. The summed E-state index contributed by atoms with van der Waals surface area (Å²) in [6, 6.07) is 3.58. The highest BCUT2D eigenvalue weighted by Crippen LogP contribution is 2.02. The SMILES string of the molecule is CC(C)(C)NC(=S)c1ccc(=S)[nH]n1. The van der Waals surface area contributed by atoms with E-state index < -0.39 is 0 Å². The smallest absolute Gasteiger partial charge is 0.127 e. The molecule has 0 unspecified atom stereocenters. The number of nitrogens with one attached hydrogen (secondary N) is 2. The Labute approximate surface area is 93.9 Å². The van der Waals surface area contributed by atoms with Crippen LogP contribution in [0.25, 0.3) is 0 Å². The lowest BCUT2D eigenvalue weighted by atomic mass is 10.1. The number of aromatic nitrogens is 2. The van der Waals surface area contributed by atoms with Crippen LogP contribution in [0.3, 0.4) is 0 Å². The number of hydrogen-bond donors (Lipinski definition) is 2. The molecule has 1 heterocycles. The van der Waals surface area contributed by atoms with E-state index in [1.54, 1.807) is 12.1 Å². The second-order valence-electron chi connectivity index (χ2n) is 4.01. The Morgan fingerprint density at radius 3 is 2.50 bits per heavy atom. The summed E-state index contributed by atoms with van der Waals surface area (Å²) in [5.74, 6) is 0. The van der Waals surface area contributed by atoms with E-state index in [-0.39, 0.29) is 5.54 Å². The minimum absolute atomic E-state index is 0.0502. The number of aromatic amines is 1. The lowest BCUT2D eigenvalue weighted by molar-refractivity contribution is 0.515. The Morgan fingerprint density at radius 2 is 2.07 bits per heavy atom. The summed E-state index contributed by atoms with van der Waals surface area (Å²) < 4.78 is 0.604. The van der Waals surface area contributed by atoms with Crippen LogP contribution in [0.1, 0.15) is 26.5 Å². The summed E-state index contributed by atoms with van der Waals surface area (Å²) in [6.45, 7) is 6.14. The van der Waals surface area contributed by atoms with Gasteiger partial charge in [-0.05, 0) is 32.9 Å². The van der Waals surface area contributed by atoms with Gasteiger partial charge in [0, 0.05) is 5.54 Å². The molecule has 1 aromatic heterocycles. The van der Waals surface area contributed by atoms with Gasteiger partial charge in [0.25, 0.3) is 0 Å². The molecule has 0 aliphatic heterocycles. The highest BCUT2D eigenvalue weighted by atomic mass is 32.1. The molecule has 0 spiro atoms. The third-order valence-electron chi connectivity index (χ3n) is 1.40. The first-order valence-corrected chi connectivity index (χ1v) is 5.08. The number of nitrogens with zero attached hydrogens (tertiary/aromatic N) is 1. The summed E-state index contributed by atoms with van der Waals surface area (Å²) in [5.41, 5.74) is 0.661. The minimum Gasteiger partial charge on any atom is -0.370 e. The van der Waals surface area contributed by atoms with Crippen LogP contribution in [-0.2, 0) is 0 Å². The molecule has 0 aromatic carbocycles. The van der Waals surface area contributed by atoms with Crippen LogP contribution in [0, 0.1) is 4.64 Å². The van der Waals surface area contributed by atoms with E-state index in [4.69, 9.17) is 24.4 Å². The van der Waals surface area contributed by atoms with E-state index in [2.05, 4.69) is 15.5 Å². The molecule has 0 fully saturated rings. The van der Waals surface area contributed by atoms with Gasteiger partial charge in [0.05, 0.1) is 0 Å². The van der Waals surface area contributed by atoms with Crippen LogP contribution in [0.15, 0.2) is 12.1 Å². The fourth-order valence-electron chi connectivity index (χ4n) is 0.876. The number of hydrogen-bond acceptors (Lipinski definition) is 3. The molecule has 5 heteroatoms. The standard InChI is InChI=1S/C9H13N3S2/c1-9(2,3)10-8(14)6-4-5-7(13)12-11-6/h4-5H,1-3H3,(H,10,14)(H,12,13). The molecule has 0 aliphatic carbocycles. The van der Waals surface area contributed by atoms with E-state index in [9.17, 15) is 0 Å². The van der Waals surface area contributed by atoms with Crippen molar-refractivity contribution in [3.63, 3.8) is 0 Å². The largest absolute Gasteiger partial charge is 0.370 e. The zero-order chi connectivity index (χ0) is 10.8. The van der Waals surface area contributed by atoms with Crippen molar-refractivity contribution in [3.8, 4) is 0 Å².